The number of Topliss-reactive ketones (excluding diaryl/α,β-unsaturated/α-hetero) is 1. The lowest BCUT2D eigenvalue weighted by Gasteiger charge is -2.38. The van der Waals surface area contributed by atoms with Crippen LogP contribution in [0.1, 0.15) is 39.0 Å². The van der Waals surface area contributed by atoms with E-state index in [4.69, 9.17) is 19.6 Å². The van der Waals surface area contributed by atoms with E-state index in [2.05, 4.69) is 0 Å². The molecule has 86 valence electrons. The third-order valence-corrected chi connectivity index (χ3v) is 2.96. The lowest BCUT2D eigenvalue weighted by atomic mass is 9.82. The van der Waals surface area contributed by atoms with Crippen LogP contribution in [0.25, 0.3) is 0 Å². The molecule has 0 unspecified atom stereocenters. The van der Waals surface area contributed by atoms with Crippen molar-refractivity contribution in [1.29, 1.82) is 0 Å². The van der Waals surface area contributed by atoms with Crippen LogP contribution in [-0.2, 0) is 24.3 Å². The molecule has 5 nitrogen and oxygen atoms in total. The molecule has 0 bridgehead atoms. The Bertz CT molecular complexity index is 224. The molecule has 0 aromatic carbocycles. The zero-order valence-electron chi connectivity index (χ0n) is 8.86. The van der Waals surface area contributed by atoms with E-state index in [0.29, 0.717) is 25.2 Å². The highest BCUT2D eigenvalue weighted by atomic mass is 17.4. The van der Waals surface area contributed by atoms with Gasteiger partial charge in [0.2, 0.25) is 12.6 Å². The summed E-state index contributed by atoms with van der Waals surface area (Å²) in [6.45, 7) is 1.64. The van der Waals surface area contributed by atoms with Crippen LogP contribution in [-0.4, -0.2) is 18.4 Å². The normalized spacial score (nSPS) is 26.7. The molecule has 1 saturated heterocycles. The molecule has 2 rings (SSSR count). The molecule has 15 heavy (non-hydrogen) atoms. The highest BCUT2D eigenvalue weighted by molar-refractivity contribution is 5.75. The molecule has 2 fully saturated rings. The molecule has 0 amide bonds. The summed E-state index contributed by atoms with van der Waals surface area (Å²) in [7, 11) is 0. The molecule has 0 N–H and O–H groups in total. The van der Waals surface area contributed by atoms with E-state index >= 15 is 0 Å². The zero-order valence-corrected chi connectivity index (χ0v) is 8.86. The predicted octanol–water partition coefficient (Wildman–Crippen LogP) is 1.72. The molecule has 0 atom stereocenters. The van der Waals surface area contributed by atoms with E-state index in [1.807, 2.05) is 0 Å². The van der Waals surface area contributed by atoms with Crippen LogP contribution in [0, 0.1) is 5.92 Å². The van der Waals surface area contributed by atoms with Gasteiger partial charge in [-0.1, -0.05) is 0 Å². The van der Waals surface area contributed by atoms with Gasteiger partial charge in [0.25, 0.3) is 0 Å². The first-order chi connectivity index (χ1) is 7.20. The van der Waals surface area contributed by atoms with E-state index < -0.39 is 5.79 Å². The molecule has 0 aromatic rings. The molecule has 1 aliphatic heterocycles. The third kappa shape index (κ3) is 2.75. The van der Waals surface area contributed by atoms with Crippen LogP contribution in [0.4, 0.5) is 0 Å². The number of hydrogen-bond donors (Lipinski definition) is 0. The van der Waals surface area contributed by atoms with Crippen molar-refractivity contribution in [3.63, 3.8) is 0 Å². The Balaban J connectivity index is 1.82. The van der Waals surface area contributed by atoms with Crippen molar-refractivity contribution in [3.05, 3.63) is 0 Å². The van der Waals surface area contributed by atoms with Crippen molar-refractivity contribution in [2.45, 2.75) is 44.8 Å². The second-order valence-electron chi connectivity index (χ2n) is 4.28. The average Bonchev–Trinajstić information content (AvgIpc) is 2.23. The van der Waals surface area contributed by atoms with Crippen molar-refractivity contribution in [2.75, 3.05) is 6.79 Å². The molecule has 0 aromatic heterocycles. The van der Waals surface area contributed by atoms with E-state index in [-0.39, 0.29) is 12.6 Å². The number of carbonyl (C=O) groups is 1. The number of carbonyl (C=O) groups excluding carboxylic acids is 1. The minimum Gasteiger partial charge on any atom is -0.300 e. The summed E-state index contributed by atoms with van der Waals surface area (Å²) in [5, 5.41) is 0. The van der Waals surface area contributed by atoms with Gasteiger partial charge in [-0.05, 0) is 25.7 Å². The van der Waals surface area contributed by atoms with Gasteiger partial charge in [0.1, 0.15) is 5.78 Å². The second kappa shape index (κ2) is 4.57. The van der Waals surface area contributed by atoms with Gasteiger partial charge in [-0.2, -0.15) is 9.78 Å². The van der Waals surface area contributed by atoms with Crippen LogP contribution < -0.4 is 0 Å². The Morgan fingerprint density at radius 1 is 1.27 bits per heavy atom. The molecular weight excluding hydrogens is 200 g/mol. The van der Waals surface area contributed by atoms with Crippen LogP contribution in [0.2, 0.25) is 0 Å². The molecule has 1 heterocycles. The summed E-state index contributed by atoms with van der Waals surface area (Å²) in [5.74, 6) is -0.0397. The molecular formula is C10H16O5. The largest absolute Gasteiger partial charge is 0.300 e. The van der Waals surface area contributed by atoms with Crippen molar-refractivity contribution in [3.8, 4) is 0 Å². The quantitative estimate of drug-likeness (QED) is 0.658. The van der Waals surface area contributed by atoms with Crippen LogP contribution in [0.5, 0.6) is 0 Å². The maximum Gasteiger partial charge on any atom is 0.234 e. The SMILES string of the molecule is CC(=O)CC1CCC2(CC1)OOCOO2. The first kappa shape index (κ1) is 11.0. The third-order valence-electron chi connectivity index (χ3n) is 2.96. The molecule has 0 radical (unpaired) electrons. The fraction of sp³-hybridized carbons (Fsp3) is 0.900. The van der Waals surface area contributed by atoms with Gasteiger partial charge in [0.15, 0.2) is 0 Å². The monoisotopic (exact) mass is 216 g/mol. The first-order valence-corrected chi connectivity index (χ1v) is 5.31. The fourth-order valence-corrected chi connectivity index (χ4v) is 2.19. The van der Waals surface area contributed by atoms with Gasteiger partial charge in [0, 0.05) is 19.3 Å². The molecule has 5 heteroatoms. The van der Waals surface area contributed by atoms with Crippen molar-refractivity contribution < 1.29 is 24.3 Å². The van der Waals surface area contributed by atoms with Gasteiger partial charge in [-0.15, -0.1) is 0 Å². The Morgan fingerprint density at radius 2 is 1.87 bits per heavy atom. The zero-order chi connectivity index (χ0) is 10.7. The van der Waals surface area contributed by atoms with Gasteiger partial charge in [-0.25, -0.2) is 9.78 Å². The van der Waals surface area contributed by atoms with Crippen LogP contribution in [0.3, 0.4) is 0 Å². The maximum absolute atomic E-state index is 11.0. The number of rotatable bonds is 2. The van der Waals surface area contributed by atoms with Crippen LogP contribution >= 0.6 is 0 Å². The minimum atomic E-state index is -0.731. The lowest BCUT2D eigenvalue weighted by molar-refractivity contribution is -0.602. The summed E-state index contributed by atoms with van der Waals surface area (Å²) in [4.78, 5) is 30.8. The highest BCUT2D eigenvalue weighted by Gasteiger charge is 2.42. The van der Waals surface area contributed by atoms with Crippen molar-refractivity contribution >= 4 is 5.78 Å². The average molecular weight is 216 g/mol. The summed E-state index contributed by atoms with van der Waals surface area (Å²) in [6.07, 6.45) is 3.90. The van der Waals surface area contributed by atoms with E-state index in [1.165, 1.54) is 0 Å². The smallest absolute Gasteiger partial charge is 0.234 e. The molecule has 1 aliphatic carbocycles. The lowest BCUT2D eigenvalue weighted by Crippen LogP contribution is -2.43. The Kier molecular flexibility index (Phi) is 3.35. The topological polar surface area (TPSA) is 54.0 Å². The highest BCUT2D eigenvalue weighted by Crippen LogP contribution is 2.38. The van der Waals surface area contributed by atoms with Gasteiger partial charge < -0.3 is 4.79 Å². The Hall–Kier alpha value is -0.490. The standard InChI is InChI=1S/C10H16O5/c1-8(11)6-9-2-4-10(5-3-9)14-12-7-13-15-10/h9H,2-7H2,1H3. The van der Waals surface area contributed by atoms with E-state index in [0.717, 1.165) is 12.8 Å². The summed E-state index contributed by atoms with van der Waals surface area (Å²) < 4.78 is 0. The van der Waals surface area contributed by atoms with Crippen LogP contribution in [0.15, 0.2) is 0 Å². The van der Waals surface area contributed by atoms with Gasteiger partial charge >= 0.3 is 0 Å². The Labute approximate surface area is 88.5 Å². The van der Waals surface area contributed by atoms with Crippen molar-refractivity contribution in [1.82, 2.24) is 0 Å². The van der Waals surface area contributed by atoms with Crippen molar-refractivity contribution in [2.24, 2.45) is 5.92 Å². The molecule has 2 aliphatic rings. The maximum atomic E-state index is 11.0. The summed E-state index contributed by atoms with van der Waals surface area (Å²) in [5.41, 5.74) is 0. The Morgan fingerprint density at radius 3 is 2.40 bits per heavy atom. The molecule has 1 spiro atoms. The second-order valence-corrected chi connectivity index (χ2v) is 4.28. The number of ketones is 1. The van der Waals surface area contributed by atoms with E-state index in [9.17, 15) is 4.79 Å². The number of hydrogen-bond acceptors (Lipinski definition) is 5. The first-order valence-electron chi connectivity index (χ1n) is 5.31. The summed E-state index contributed by atoms with van der Waals surface area (Å²) >= 11 is 0. The van der Waals surface area contributed by atoms with Gasteiger partial charge in [-0.3, -0.25) is 0 Å². The van der Waals surface area contributed by atoms with Gasteiger partial charge in [0.05, 0.1) is 0 Å². The predicted molar refractivity (Wildman–Crippen MR) is 49.2 cm³/mol. The van der Waals surface area contributed by atoms with E-state index in [1.54, 1.807) is 6.92 Å². The minimum absolute atomic E-state index is 0.0125. The summed E-state index contributed by atoms with van der Waals surface area (Å²) in [6, 6.07) is 0. The fourth-order valence-electron chi connectivity index (χ4n) is 2.19. The molecule has 1 saturated carbocycles.